The topological polar surface area (TPSA) is 60.9 Å². The van der Waals surface area contributed by atoms with Crippen LogP contribution < -0.4 is 9.21 Å². The number of anilines is 2. The van der Waals surface area contributed by atoms with Crippen LogP contribution in [0.2, 0.25) is 0 Å². The molecule has 0 aliphatic carbocycles. The van der Waals surface area contributed by atoms with E-state index in [0.717, 1.165) is 28.6 Å². The first-order valence-electron chi connectivity index (χ1n) is 8.65. The first kappa shape index (κ1) is 19.9. The Balaban J connectivity index is 1.66. The Morgan fingerprint density at radius 3 is 2.15 bits per heavy atom. The van der Waals surface area contributed by atoms with Gasteiger partial charge in [-0.3, -0.25) is 9.10 Å². The summed E-state index contributed by atoms with van der Waals surface area (Å²) < 4.78 is 26.6. The molecule has 0 aromatic heterocycles. The molecule has 2 aromatic carbocycles. The second-order valence-corrected chi connectivity index (χ2v) is 9.60. The van der Waals surface area contributed by atoms with E-state index < -0.39 is 10.0 Å². The summed E-state index contributed by atoms with van der Waals surface area (Å²) in [5.74, 6) is -0.174. The Labute approximate surface area is 174 Å². The second kappa shape index (κ2) is 8.47. The van der Waals surface area contributed by atoms with Crippen molar-refractivity contribution < 1.29 is 13.2 Å². The van der Waals surface area contributed by atoms with Crippen LogP contribution in [0.5, 0.6) is 0 Å². The largest absolute Gasteiger partial charge is 0.368 e. The van der Waals surface area contributed by atoms with Gasteiger partial charge in [0.25, 0.3) is 0 Å². The number of carbonyl (C=O) groups is 1. The zero-order valence-corrected chi connectivity index (χ0v) is 18.1. The highest BCUT2D eigenvalue weighted by Gasteiger charge is 2.26. The number of rotatable bonds is 5. The van der Waals surface area contributed by atoms with E-state index in [2.05, 4.69) is 39.6 Å². The fourth-order valence-corrected chi connectivity index (χ4v) is 4.29. The minimum absolute atomic E-state index is 0.174. The maximum Gasteiger partial charge on any atom is 0.243 e. The Morgan fingerprint density at radius 1 is 1.00 bits per heavy atom. The van der Waals surface area contributed by atoms with Crippen molar-refractivity contribution in [2.24, 2.45) is 0 Å². The SMILES string of the molecule is CS(=O)(=O)N(CC(=O)N1CCN(c2ccccc2)CC1)c1ccc(I)cc1. The molecule has 27 heavy (non-hydrogen) atoms. The molecule has 1 fully saturated rings. The Hall–Kier alpha value is -1.81. The number of benzene rings is 2. The fourth-order valence-electron chi connectivity index (χ4n) is 3.08. The van der Waals surface area contributed by atoms with Gasteiger partial charge in [-0.1, -0.05) is 18.2 Å². The van der Waals surface area contributed by atoms with Gasteiger partial charge < -0.3 is 9.80 Å². The summed E-state index contributed by atoms with van der Waals surface area (Å²) in [4.78, 5) is 16.7. The van der Waals surface area contributed by atoms with Crippen LogP contribution in [0.15, 0.2) is 54.6 Å². The highest BCUT2D eigenvalue weighted by Crippen LogP contribution is 2.20. The maximum atomic E-state index is 12.7. The van der Waals surface area contributed by atoms with Crippen LogP contribution in [-0.2, 0) is 14.8 Å². The van der Waals surface area contributed by atoms with Crippen LogP contribution in [0.25, 0.3) is 0 Å². The smallest absolute Gasteiger partial charge is 0.243 e. The van der Waals surface area contributed by atoms with Crippen molar-refractivity contribution in [2.75, 3.05) is 48.2 Å². The average molecular weight is 499 g/mol. The van der Waals surface area contributed by atoms with Gasteiger partial charge >= 0.3 is 0 Å². The van der Waals surface area contributed by atoms with E-state index in [1.54, 1.807) is 17.0 Å². The van der Waals surface area contributed by atoms with E-state index in [0.29, 0.717) is 18.8 Å². The number of para-hydroxylation sites is 1. The molecule has 3 rings (SSSR count). The van der Waals surface area contributed by atoms with Crippen LogP contribution in [0.3, 0.4) is 0 Å². The molecule has 0 spiro atoms. The van der Waals surface area contributed by atoms with Gasteiger partial charge in [-0.2, -0.15) is 0 Å². The predicted molar refractivity (Wildman–Crippen MR) is 117 cm³/mol. The monoisotopic (exact) mass is 499 g/mol. The predicted octanol–water partition coefficient (Wildman–Crippen LogP) is 2.41. The molecule has 1 aliphatic rings. The van der Waals surface area contributed by atoms with Crippen LogP contribution in [0.1, 0.15) is 0 Å². The summed E-state index contributed by atoms with van der Waals surface area (Å²) in [6.45, 7) is 2.46. The third-order valence-electron chi connectivity index (χ3n) is 4.55. The molecule has 1 saturated heterocycles. The molecule has 1 heterocycles. The van der Waals surface area contributed by atoms with Gasteiger partial charge in [0, 0.05) is 35.4 Å². The van der Waals surface area contributed by atoms with Crippen molar-refractivity contribution >= 4 is 49.9 Å². The molecular weight excluding hydrogens is 477 g/mol. The van der Waals surface area contributed by atoms with Crippen LogP contribution >= 0.6 is 22.6 Å². The molecule has 0 atom stereocenters. The lowest BCUT2D eigenvalue weighted by atomic mass is 10.2. The molecular formula is C19H22IN3O3S. The molecule has 144 valence electrons. The normalized spacial score (nSPS) is 14.9. The molecule has 0 unspecified atom stereocenters. The quantitative estimate of drug-likeness (QED) is 0.594. The van der Waals surface area contributed by atoms with Crippen molar-refractivity contribution in [2.45, 2.75) is 0 Å². The molecule has 1 aliphatic heterocycles. The van der Waals surface area contributed by atoms with Gasteiger partial charge in [0.2, 0.25) is 15.9 Å². The number of halogens is 1. The summed E-state index contributed by atoms with van der Waals surface area (Å²) in [5, 5.41) is 0. The number of sulfonamides is 1. The summed E-state index contributed by atoms with van der Waals surface area (Å²) in [6.07, 6.45) is 1.13. The highest BCUT2D eigenvalue weighted by atomic mass is 127. The standard InChI is InChI=1S/C19H22IN3O3S/c1-27(25,26)23(18-9-7-16(20)8-10-18)15-19(24)22-13-11-21(12-14-22)17-5-3-2-4-6-17/h2-10H,11-15H2,1H3. The van der Waals surface area contributed by atoms with E-state index in [9.17, 15) is 13.2 Å². The minimum atomic E-state index is -3.55. The van der Waals surface area contributed by atoms with Gasteiger partial charge in [0.15, 0.2) is 0 Å². The van der Waals surface area contributed by atoms with Crippen molar-refractivity contribution in [1.29, 1.82) is 0 Å². The van der Waals surface area contributed by atoms with Crippen LogP contribution in [-0.4, -0.2) is 58.2 Å². The van der Waals surface area contributed by atoms with Gasteiger partial charge in [-0.05, 0) is 59.0 Å². The lowest BCUT2D eigenvalue weighted by molar-refractivity contribution is -0.129. The zero-order chi connectivity index (χ0) is 19.4. The van der Waals surface area contributed by atoms with E-state index >= 15 is 0 Å². The van der Waals surface area contributed by atoms with E-state index in [1.165, 1.54) is 4.31 Å². The van der Waals surface area contributed by atoms with Crippen molar-refractivity contribution in [3.05, 3.63) is 58.2 Å². The number of hydrogen-bond donors (Lipinski definition) is 0. The van der Waals surface area contributed by atoms with Crippen molar-refractivity contribution in [3.8, 4) is 0 Å². The summed E-state index contributed by atoms with van der Waals surface area (Å²) >= 11 is 2.16. The lowest BCUT2D eigenvalue weighted by Crippen LogP contribution is -2.52. The van der Waals surface area contributed by atoms with Gasteiger partial charge in [-0.15, -0.1) is 0 Å². The average Bonchev–Trinajstić information content (AvgIpc) is 2.67. The summed E-state index contributed by atoms with van der Waals surface area (Å²) in [6, 6.07) is 17.2. The first-order valence-corrected chi connectivity index (χ1v) is 11.6. The molecule has 2 aromatic rings. The third-order valence-corrected chi connectivity index (χ3v) is 6.41. The number of nitrogens with zero attached hydrogens (tertiary/aromatic N) is 3. The number of amides is 1. The molecule has 1 amide bonds. The molecule has 0 saturated carbocycles. The Kier molecular flexibility index (Phi) is 6.25. The van der Waals surface area contributed by atoms with Crippen molar-refractivity contribution in [3.63, 3.8) is 0 Å². The molecule has 6 nitrogen and oxygen atoms in total. The highest BCUT2D eigenvalue weighted by molar-refractivity contribution is 14.1. The van der Waals surface area contributed by atoms with Gasteiger partial charge in [-0.25, -0.2) is 8.42 Å². The number of carbonyl (C=O) groups excluding carboxylic acids is 1. The number of piperazine rings is 1. The molecule has 0 radical (unpaired) electrons. The summed E-state index contributed by atoms with van der Waals surface area (Å²) in [7, 11) is -3.55. The Bertz CT molecular complexity index is 880. The van der Waals surface area contributed by atoms with Crippen molar-refractivity contribution in [1.82, 2.24) is 4.90 Å². The molecule has 0 N–H and O–H groups in total. The second-order valence-electron chi connectivity index (χ2n) is 6.45. The number of hydrogen-bond acceptors (Lipinski definition) is 4. The molecule has 0 bridgehead atoms. The maximum absolute atomic E-state index is 12.7. The van der Waals surface area contributed by atoms with E-state index in [1.807, 2.05) is 30.3 Å². The zero-order valence-electron chi connectivity index (χ0n) is 15.1. The first-order chi connectivity index (χ1) is 12.8. The Morgan fingerprint density at radius 2 is 1.59 bits per heavy atom. The third kappa shape index (κ3) is 5.13. The molecule has 8 heteroatoms. The van der Waals surface area contributed by atoms with E-state index in [-0.39, 0.29) is 12.5 Å². The van der Waals surface area contributed by atoms with Gasteiger partial charge in [0.1, 0.15) is 6.54 Å². The fraction of sp³-hybridized carbons (Fsp3) is 0.316. The van der Waals surface area contributed by atoms with Crippen LogP contribution in [0.4, 0.5) is 11.4 Å². The van der Waals surface area contributed by atoms with Crippen LogP contribution in [0, 0.1) is 3.57 Å². The van der Waals surface area contributed by atoms with Gasteiger partial charge in [0.05, 0.1) is 11.9 Å². The van der Waals surface area contributed by atoms with E-state index in [4.69, 9.17) is 0 Å². The minimum Gasteiger partial charge on any atom is -0.368 e. The summed E-state index contributed by atoms with van der Waals surface area (Å²) in [5.41, 5.74) is 1.65. The lowest BCUT2D eigenvalue weighted by Gasteiger charge is -2.37.